The van der Waals surface area contributed by atoms with Crippen LogP contribution < -0.4 is 5.56 Å². The number of benzene rings is 1. The second-order valence-electron chi connectivity index (χ2n) is 5.50. The lowest BCUT2D eigenvalue weighted by Gasteiger charge is -2.09. The summed E-state index contributed by atoms with van der Waals surface area (Å²) in [6.45, 7) is -2.84. The van der Waals surface area contributed by atoms with Gasteiger partial charge in [-0.15, -0.1) is 0 Å². The Labute approximate surface area is 149 Å². The number of carbonyl (C=O) groups is 1. The summed E-state index contributed by atoms with van der Waals surface area (Å²) >= 11 is 1.42. The summed E-state index contributed by atoms with van der Waals surface area (Å²) in [5.41, 5.74) is -0.108. The molecule has 0 atom stereocenters. The van der Waals surface area contributed by atoms with Crippen LogP contribution in [0.5, 0.6) is 0 Å². The van der Waals surface area contributed by atoms with Gasteiger partial charge >= 0.3 is 12.5 Å². The molecule has 1 aromatic carbocycles. The van der Waals surface area contributed by atoms with E-state index in [1.807, 2.05) is 0 Å². The number of para-hydroxylation sites is 2. The van der Waals surface area contributed by atoms with Crippen molar-refractivity contribution < 1.29 is 18.3 Å². The third-order valence-corrected chi connectivity index (χ3v) is 4.94. The summed E-state index contributed by atoms with van der Waals surface area (Å²) < 4.78 is 33.9. The SMILES string of the molecule is O=C(OCc1nc2ccccc2n1C(F)F)c1cnc2n(c1=O)CCS2. The van der Waals surface area contributed by atoms with Crippen molar-refractivity contribution in [2.75, 3.05) is 5.75 Å². The zero-order chi connectivity index (χ0) is 18.3. The van der Waals surface area contributed by atoms with Gasteiger partial charge in [0.1, 0.15) is 12.2 Å². The van der Waals surface area contributed by atoms with Crippen LogP contribution in [0.25, 0.3) is 11.0 Å². The van der Waals surface area contributed by atoms with Crippen molar-refractivity contribution in [3.63, 3.8) is 0 Å². The first kappa shape index (κ1) is 16.7. The molecule has 0 N–H and O–H groups in total. The Morgan fingerprint density at radius 2 is 2.15 bits per heavy atom. The van der Waals surface area contributed by atoms with Crippen molar-refractivity contribution >= 4 is 28.8 Å². The van der Waals surface area contributed by atoms with E-state index in [0.29, 0.717) is 27.5 Å². The highest BCUT2D eigenvalue weighted by Gasteiger charge is 2.23. The smallest absolute Gasteiger partial charge is 0.345 e. The molecule has 0 saturated heterocycles. The molecule has 26 heavy (non-hydrogen) atoms. The lowest BCUT2D eigenvalue weighted by Crippen LogP contribution is -2.27. The zero-order valence-corrected chi connectivity index (χ0v) is 14.1. The number of fused-ring (bicyclic) bond motifs is 2. The number of alkyl halides is 2. The number of aromatic nitrogens is 4. The maximum atomic E-state index is 13.4. The highest BCUT2D eigenvalue weighted by Crippen LogP contribution is 2.24. The van der Waals surface area contributed by atoms with Gasteiger partial charge < -0.3 is 4.74 Å². The number of thioether (sulfide) groups is 1. The molecule has 0 saturated carbocycles. The Kier molecular flexibility index (Phi) is 4.19. The van der Waals surface area contributed by atoms with Gasteiger partial charge in [-0.2, -0.15) is 8.78 Å². The molecule has 7 nitrogen and oxygen atoms in total. The van der Waals surface area contributed by atoms with Crippen molar-refractivity contribution in [3.8, 4) is 0 Å². The first-order valence-corrected chi connectivity index (χ1v) is 8.68. The van der Waals surface area contributed by atoms with Gasteiger partial charge in [0.2, 0.25) is 0 Å². The number of carbonyl (C=O) groups excluding carboxylic acids is 1. The second kappa shape index (κ2) is 6.52. The minimum absolute atomic E-state index is 0.0978. The standard InChI is InChI=1S/C16H12F2N4O3S/c17-15(18)22-11-4-2-1-3-10(11)20-12(22)8-25-14(24)9-7-19-16-21(13(9)23)5-6-26-16/h1-4,7,15H,5-6,8H2. The molecule has 10 heteroatoms. The molecule has 1 aliphatic heterocycles. The quantitative estimate of drug-likeness (QED) is 0.513. The monoisotopic (exact) mass is 378 g/mol. The molecule has 0 spiro atoms. The molecule has 3 heterocycles. The van der Waals surface area contributed by atoms with E-state index in [1.165, 1.54) is 22.4 Å². The molecule has 0 radical (unpaired) electrons. The van der Waals surface area contributed by atoms with Gasteiger partial charge in [-0.1, -0.05) is 23.9 Å². The zero-order valence-electron chi connectivity index (χ0n) is 13.3. The minimum atomic E-state index is -2.83. The molecular weight excluding hydrogens is 366 g/mol. The lowest BCUT2D eigenvalue weighted by molar-refractivity contribution is 0.0384. The Balaban J connectivity index is 1.60. The van der Waals surface area contributed by atoms with Gasteiger partial charge in [0.05, 0.1) is 17.2 Å². The van der Waals surface area contributed by atoms with Gasteiger partial charge in [-0.25, -0.2) is 14.8 Å². The minimum Gasteiger partial charge on any atom is -0.454 e. The van der Waals surface area contributed by atoms with Crippen LogP contribution in [0.4, 0.5) is 8.78 Å². The molecule has 0 fully saturated rings. The molecule has 134 valence electrons. The predicted molar refractivity (Wildman–Crippen MR) is 89.3 cm³/mol. The normalized spacial score (nSPS) is 13.3. The average Bonchev–Trinajstić information content (AvgIpc) is 3.24. The van der Waals surface area contributed by atoms with E-state index in [9.17, 15) is 18.4 Å². The summed E-state index contributed by atoms with van der Waals surface area (Å²) in [5, 5.41) is 0.547. The molecule has 1 aliphatic rings. The van der Waals surface area contributed by atoms with E-state index < -0.39 is 24.7 Å². The van der Waals surface area contributed by atoms with E-state index in [-0.39, 0.29) is 16.9 Å². The molecule has 0 aliphatic carbocycles. The largest absolute Gasteiger partial charge is 0.454 e. The third-order valence-electron chi connectivity index (χ3n) is 3.97. The van der Waals surface area contributed by atoms with Crippen molar-refractivity contribution in [2.45, 2.75) is 24.9 Å². The van der Waals surface area contributed by atoms with E-state index in [1.54, 1.807) is 18.2 Å². The Morgan fingerprint density at radius 1 is 1.35 bits per heavy atom. The third kappa shape index (κ3) is 2.75. The van der Waals surface area contributed by atoms with Crippen molar-refractivity contribution in [2.24, 2.45) is 0 Å². The number of hydrogen-bond donors (Lipinski definition) is 0. The van der Waals surface area contributed by atoms with E-state index in [2.05, 4.69) is 9.97 Å². The molecule has 0 amide bonds. The number of ether oxygens (including phenoxy) is 1. The molecule has 4 rings (SSSR count). The van der Waals surface area contributed by atoms with Crippen molar-refractivity contribution in [1.82, 2.24) is 19.1 Å². The van der Waals surface area contributed by atoms with E-state index >= 15 is 0 Å². The van der Waals surface area contributed by atoms with E-state index in [0.717, 1.165) is 6.20 Å². The van der Waals surface area contributed by atoms with Gasteiger partial charge in [0, 0.05) is 12.3 Å². The van der Waals surface area contributed by atoms with Crippen LogP contribution >= 0.6 is 11.8 Å². The van der Waals surface area contributed by atoms with Gasteiger partial charge in [0.25, 0.3) is 5.56 Å². The second-order valence-corrected chi connectivity index (χ2v) is 6.56. The number of nitrogens with zero attached hydrogens (tertiary/aromatic N) is 4. The summed E-state index contributed by atoms with van der Waals surface area (Å²) in [7, 11) is 0. The first-order chi connectivity index (χ1) is 12.6. The Bertz CT molecular complexity index is 1060. The summed E-state index contributed by atoms with van der Waals surface area (Å²) in [6, 6.07) is 6.40. The first-order valence-electron chi connectivity index (χ1n) is 7.70. The number of rotatable bonds is 4. The number of halogens is 2. The van der Waals surface area contributed by atoms with Gasteiger partial charge in [-0.3, -0.25) is 13.9 Å². The van der Waals surface area contributed by atoms with E-state index in [4.69, 9.17) is 4.74 Å². The Morgan fingerprint density at radius 3 is 2.96 bits per heavy atom. The van der Waals surface area contributed by atoms with Crippen molar-refractivity contribution in [1.29, 1.82) is 0 Å². The van der Waals surface area contributed by atoms with Crippen LogP contribution in [-0.4, -0.2) is 30.8 Å². The van der Waals surface area contributed by atoms with Crippen LogP contribution in [0.1, 0.15) is 22.7 Å². The van der Waals surface area contributed by atoms with Crippen LogP contribution in [0.15, 0.2) is 40.4 Å². The van der Waals surface area contributed by atoms with Crippen LogP contribution in [-0.2, 0) is 17.9 Å². The highest BCUT2D eigenvalue weighted by molar-refractivity contribution is 7.99. The highest BCUT2D eigenvalue weighted by atomic mass is 32.2. The molecule has 3 aromatic rings. The molecule has 0 bridgehead atoms. The maximum Gasteiger partial charge on any atom is 0.345 e. The topological polar surface area (TPSA) is 79.0 Å². The van der Waals surface area contributed by atoms with Crippen LogP contribution in [0, 0.1) is 0 Å². The molecular formula is C16H12F2N4O3S. The van der Waals surface area contributed by atoms with Crippen LogP contribution in [0.3, 0.4) is 0 Å². The summed E-state index contributed by atoms with van der Waals surface area (Å²) in [6.07, 6.45) is 1.16. The van der Waals surface area contributed by atoms with Crippen LogP contribution in [0.2, 0.25) is 0 Å². The number of imidazole rings is 1. The molecule has 0 unspecified atom stereocenters. The average molecular weight is 378 g/mol. The fourth-order valence-electron chi connectivity index (χ4n) is 2.78. The van der Waals surface area contributed by atoms with Gasteiger partial charge in [-0.05, 0) is 12.1 Å². The predicted octanol–water partition coefficient (Wildman–Crippen LogP) is 2.45. The summed E-state index contributed by atoms with van der Waals surface area (Å²) in [5.74, 6) is -0.305. The summed E-state index contributed by atoms with van der Waals surface area (Å²) in [4.78, 5) is 32.7. The lowest BCUT2D eigenvalue weighted by atomic mass is 10.3. The molecule has 2 aromatic heterocycles. The number of hydrogen-bond acceptors (Lipinski definition) is 6. The van der Waals surface area contributed by atoms with Gasteiger partial charge in [0.15, 0.2) is 11.0 Å². The maximum absolute atomic E-state index is 13.4. The fraction of sp³-hybridized carbons (Fsp3) is 0.250. The fourth-order valence-corrected chi connectivity index (χ4v) is 3.69. The van der Waals surface area contributed by atoms with Crippen molar-refractivity contribution in [3.05, 3.63) is 52.2 Å². The number of esters is 1. The Hall–Kier alpha value is -2.75.